The standard InChI is InChI=1S/C28H27ClN4O2/c29-21-11-7-20(8-12-21)28(35)30-22-13-9-18(10-14-22)26-32-24-16-15-23(17-25(24)33-26)31-27(34)19-5-3-1-2-4-6-19/h7-17,19H,1-6H2,(H,30,35)(H,31,34)(H,32,33). The molecule has 1 saturated carbocycles. The van der Waals surface area contributed by atoms with E-state index in [0.717, 1.165) is 53.8 Å². The number of imidazole rings is 1. The Bertz CT molecular complexity index is 1340. The van der Waals surface area contributed by atoms with Crippen molar-refractivity contribution in [1.29, 1.82) is 0 Å². The summed E-state index contributed by atoms with van der Waals surface area (Å²) in [7, 11) is 0. The van der Waals surface area contributed by atoms with Crippen molar-refractivity contribution in [2.45, 2.75) is 38.5 Å². The second-order valence-corrected chi connectivity index (χ2v) is 9.47. The summed E-state index contributed by atoms with van der Waals surface area (Å²) in [5, 5.41) is 6.56. The van der Waals surface area contributed by atoms with Crippen LogP contribution < -0.4 is 10.6 Å². The molecule has 1 aliphatic rings. The number of carbonyl (C=O) groups excluding carboxylic acids is 2. The Kier molecular flexibility index (Phi) is 6.82. The SMILES string of the molecule is O=C(Nc1ccc(-c2nc3ccc(NC(=O)C4CCCCCC4)cc3[nH]2)cc1)c1ccc(Cl)cc1. The number of amides is 2. The van der Waals surface area contributed by atoms with Crippen LogP contribution in [-0.2, 0) is 4.79 Å². The average Bonchev–Trinajstić information content (AvgIpc) is 3.09. The Hall–Kier alpha value is -3.64. The van der Waals surface area contributed by atoms with Gasteiger partial charge in [-0.25, -0.2) is 4.98 Å². The maximum absolute atomic E-state index is 12.7. The third-order valence-corrected chi connectivity index (χ3v) is 6.75. The van der Waals surface area contributed by atoms with E-state index in [2.05, 4.69) is 20.6 Å². The largest absolute Gasteiger partial charge is 0.338 e. The van der Waals surface area contributed by atoms with Gasteiger partial charge in [-0.1, -0.05) is 37.3 Å². The van der Waals surface area contributed by atoms with Crippen LogP contribution in [-0.4, -0.2) is 21.8 Å². The van der Waals surface area contributed by atoms with Crippen LogP contribution in [0.3, 0.4) is 0 Å². The lowest BCUT2D eigenvalue weighted by atomic mass is 9.99. The third-order valence-electron chi connectivity index (χ3n) is 6.50. The lowest BCUT2D eigenvalue weighted by Gasteiger charge is -2.14. The molecule has 1 fully saturated rings. The molecule has 4 aromatic rings. The molecule has 7 heteroatoms. The Morgan fingerprint density at radius 2 is 1.51 bits per heavy atom. The molecule has 178 valence electrons. The fraction of sp³-hybridized carbons (Fsp3) is 0.250. The van der Waals surface area contributed by atoms with Gasteiger partial charge in [-0.2, -0.15) is 0 Å². The fourth-order valence-electron chi connectivity index (χ4n) is 4.53. The van der Waals surface area contributed by atoms with Crippen LogP contribution in [0.15, 0.2) is 66.7 Å². The molecule has 0 aliphatic heterocycles. The van der Waals surface area contributed by atoms with Crippen molar-refractivity contribution < 1.29 is 9.59 Å². The highest BCUT2D eigenvalue weighted by Crippen LogP contribution is 2.27. The highest BCUT2D eigenvalue weighted by atomic mass is 35.5. The molecular formula is C28H27ClN4O2. The molecule has 1 aromatic heterocycles. The number of carbonyl (C=O) groups is 2. The van der Waals surface area contributed by atoms with Gasteiger partial charge in [-0.05, 0) is 79.6 Å². The molecule has 1 heterocycles. The van der Waals surface area contributed by atoms with Crippen molar-refractivity contribution in [1.82, 2.24) is 9.97 Å². The highest BCUT2D eigenvalue weighted by molar-refractivity contribution is 6.30. The van der Waals surface area contributed by atoms with Crippen molar-refractivity contribution in [2.24, 2.45) is 5.92 Å². The first kappa shape index (κ1) is 23.1. The average molecular weight is 487 g/mol. The number of hydrogen-bond acceptors (Lipinski definition) is 3. The van der Waals surface area contributed by atoms with Crippen molar-refractivity contribution >= 4 is 45.8 Å². The number of anilines is 2. The monoisotopic (exact) mass is 486 g/mol. The van der Waals surface area contributed by atoms with Crippen LogP contribution in [0.5, 0.6) is 0 Å². The summed E-state index contributed by atoms with van der Waals surface area (Å²) in [5.41, 5.74) is 4.59. The van der Waals surface area contributed by atoms with E-state index >= 15 is 0 Å². The lowest BCUT2D eigenvalue weighted by Crippen LogP contribution is -2.22. The summed E-state index contributed by atoms with van der Waals surface area (Å²) < 4.78 is 0. The Labute approximate surface area is 209 Å². The number of hydrogen-bond donors (Lipinski definition) is 3. The number of H-pyrrole nitrogens is 1. The van der Waals surface area contributed by atoms with Crippen LogP contribution in [0.4, 0.5) is 11.4 Å². The number of nitrogens with one attached hydrogen (secondary N) is 3. The second kappa shape index (κ2) is 10.3. The number of benzene rings is 3. The Morgan fingerprint density at radius 3 is 2.23 bits per heavy atom. The zero-order valence-corrected chi connectivity index (χ0v) is 20.1. The normalized spacial score (nSPS) is 14.4. The maximum Gasteiger partial charge on any atom is 0.255 e. The van der Waals surface area contributed by atoms with E-state index in [1.807, 2.05) is 42.5 Å². The molecule has 5 rings (SSSR count). The summed E-state index contributed by atoms with van der Waals surface area (Å²) in [6.45, 7) is 0. The molecule has 1 aliphatic carbocycles. The number of nitrogens with zero attached hydrogens (tertiary/aromatic N) is 1. The Morgan fingerprint density at radius 1 is 0.829 bits per heavy atom. The van der Waals surface area contributed by atoms with E-state index in [-0.39, 0.29) is 17.7 Å². The highest BCUT2D eigenvalue weighted by Gasteiger charge is 2.20. The minimum absolute atomic E-state index is 0.101. The summed E-state index contributed by atoms with van der Waals surface area (Å²) in [6, 6.07) is 20.0. The van der Waals surface area contributed by atoms with Gasteiger partial charge in [0.1, 0.15) is 5.82 Å². The van der Waals surface area contributed by atoms with E-state index in [4.69, 9.17) is 11.6 Å². The van der Waals surface area contributed by atoms with Gasteiger partial charge in [0.15, 0.2) is 0 Å². The predicted molar refractivity (Wildman–Crippen MR) is 141 cm³/mol. The number of rotatable bonds is 5. The molecule has 0 atom stereocenters. The van der Waals surface area contributed by atoms with Crippen molar-refractivity contribution in [3.8, 4) is 11.4 Å². The van der Waals surface area contributed by atoms with Crippen LogP contribution >= 0.6 is 11.6 Å². The maximum atomic E-state index is 12.7. The van der Waals surface area contributed by atoms with Crippen molar-refractivity contribution in [3.63, 3.8) is 0 Å². The van der Waals surface area contributed by atoms with Crippen molar-refractivity contribution in [2.75, 3.05) is 10.6 Å². The van der Waals surface area contributed by atoms with E-state index < -0.39 is 0 Å². The smallest absolute Gasteiger partial charge is 0.255 e. The first-order valence-corrected chi connectivity index (χ1v) is 12.4. The summed E-state index contributed by atoms with van der Waals surface area (Å²) >= 11 is 5.89. The van der Waals surface area contributed by atoms with Crippen LogP contribution in [0.2, 0.25) is 5.02 Å². The number of fused-ring (bicyclic) bond motifs is 1. The zero-order chi connectivity index (χ0) is 24.2. The van der Waals surface area contributed by atoms with Gasteiger partial charge in [-0.15, -0.1) is 0 Å². The van der Waals surface area contributed by atoms with E-state index in [9.17, 15) is 9.59 Å². The summed E-state index contributed by atoms with van der Waals surface area (Å²) in [4.78, 5) is 33.2. The van der Waals surface area contributed by atoms with E-state index in [0.29, 0.717) is 16.3 Å². The third kappa shape index (κ3) is 5.54. The molecule has 6 nitrogen and oxygen atoms in total. The van der Waals surface area contributed by atoms with Crippen LogP contribution in [0, 0.1) is 5.92 Å². The number of aromatic amines is 1. The molecule has 35 heavy (non-hydrogen) atoms. The van der Waals surface area contributed by atoms with Gasteiger partial charge in [0.25, 0.3) is 5.91 Å². The number of aromatic nitrogens is 2. The van der Waals surface area contributed by atoms with Gasteiger partial charge in [-0.3, -0.25) is 9.59 Å². The van der Waals surface area contributed by atoms with Gasteiger partial charge in [0.05, 0.1) is 11.0 Å². The molecule has 3 N–H and O–H groups in total. The molecule has 2 amide bonds. The first-order chi connectivity index (χ1) is 17.0. The van der Waals surface area contributed by atoms with Gasteiger partial charge >= 0.3 is 0 Å². The van der Waals surface area contributed by atoms with E-state index in [1.54, 1.807) is 24.3 Å². The van der Waals surface area contributed by atoms with Crippen molar-refractivity contribution in [3.05, 3.63) is 77.3 Å². The topological polar surface area (TPSA) is 86.9 Å². The van der Waals surface area contributed by atoms with Gasteiger partial charge < -0.3 is 15.6 Å². The molecular weight excluding hydrogens is 460 g/mol. The molecule has 0 radical (unpaired) electrons. The molecule has 3 aromatic carbocycles. The van der Waals surface area contributed by atoms with Crippen LogP contribution in [0.25, 0.3) is 22.4 Å². The lowest BCUT2D eigenvalue weighted by molar-refractivity contribution is -0.120. The van der Waals surface area contributed by atoms with E-state index in [1.165, 1.54) is 12.8 Å². The molecule has 0 unspecified atom stereocenters. The summed E-state index contributed by atoms with van der Waals surface area (Å²) in [6.07, 6.45) is 6.65. The zero-order valence-electron chi connectivity index (χ0n) is 19.3. The minimum atomic E-state index is -0.198. The first-order valence-electron chi connectivity index (χ1n) is 12.0. The predicted octanol–water partition coefficient (Wildman–Crippen LogP) is 7.04. The minimum Gasteiger partial charge on any atom is -0.338 e. The fourth-order valence-corrected chi connectivity index (χ4v) is 4.65. The Balaban J connectivity index is 1.27. The molecule has 0 spiro atoms. The number of halogens is 1. The van der Waals surface area contributed by atoms with Gasteiger partial charge in [0.2, 0.25) is 5.91 Å². The van der Waals surface area contributed by atoms with Crippen LogP contribution in [0.1, 0.15) is 48.9 Å². The summed E-state index contributed by atoms with van der Waals surface area (Å²) in [5.74, 6) is 0.742. The second-order valence-electron chi connectivity index (χ2n) is 9.03. The molecule has 0 saturated heterocycles. The quantitative estimate of drug-likeness (QED) is 0.264. The molecule has 0 bridgehead atoms. The van der Waals surface area contributed by atoms with Gasteiger partial charge in [0, 0.05) is 33.4 Å².